The van der Waals surface area contributed by atoms with Crippen molar-refractivity contribution in [1.29, 1.82) is 0 Å². The summed E-state index contributed by atoms with van der Waals surface area (Å²) in [5, 5.41) is 12.6. The number of hydrogen-bond donors (Lipinski definition) is 2. The van der Waals surface area contributed by atoms with Crippen LogP contribution >= 0.6 is 23.4 Å². The van der Waals surface area contributed by atoms with E-state index in [2.05, 4.69) is 16.3 Å². The Balaban J connectivity index is 0.000000755. The molecule has 1 aliphatic heterocycles. The summed E-state index contributed by atoms with van der Waals surface area (Å²) in [7, 11) is 0. The molecule has 0 unspecified atom stereocenters. The summed E-state index contributed by atoms with van der Waals surface area (Å²) in [5.74, 6) is 1.75. The number of halogens is 1. The zero-order valence-electron chi connectivity index (χ0n) is 16.4. The van der Waals surface area contributed by atoms with Crippen LogP contribution in [0.5, 0.6) is 0 Å². The van der Waals surface area contributed by atoms with Crippen molar-refractivity contribution in [1.82, 2.24) is 15.3 Å². The predicted molar refractivity (Wildman–Crippen MR) is 121 cm³/mol. The number of aliphatic hydroxyl groups is 1. The second-order valence-corrected chi connectivity index (χ2v) is 7.89. The quantitative estimate of drug-likeness (QED) is 0.602. The lowest BCUT2D eigenvalue weighted by Gasteiger charge is -2.28. The number of rotatable bonds is 4. The number of anilines is 1. The molecule has 0 spiro atoms. The van der Waals surface area contributed by atoms with Crippen LogP contribution in [0.1, 0.15) is 6.92 Å². The molecule has 0 radical (unpaired) electrons. The van der Waals surface area contributed by atoms with Gasteiger partial charge < -0.3 is 15.3 Å². The van der Waals surface area contributed by atoms with Gasteiger partial charge >= 0.3 is 0 Å². The van der Waals surface area contributed by atoms with E-state index in [9.17, 15) is 0 Å². The van der Waals surface area contributed by atoms with Crippen molar-refractivity contribution in [3.63, 3.8) is 0 Å². The van der Waals surface area contributed by atoms with E-state index in [0.29, 0.717) is 0 Å². The molecule has 152 valence electrons. The lowest BCUT2D eigenvalue weighted by Crippen LogP contribution is -2.44. The van der Waals surface area contributed by atoms with Gasteiger partial charge in [-0.1, -0.05) is 53.7 Å². The SMILES string of the molecule is CCO.Clc1ccc(Sc2cc(N3CCNCC3)nc(-c3ccccc3)n2)cc1. The van der Waals surface area contributed by atoms with Gasteiger partial charge in [0.25, 0.3) is 0 Å². The molecule has 0 aliphatic carbocycles. The Hall–Kier alpha value is -2.12. The standard InChI is InChI=1S/C20H19ClN4S.C2H6O/c21-16-6-8-17(9-7-16)26-19-14-18(25-12-10-22-11-13-25)23-20(24-19)15-4-2-1-3-5-15;1-2-3/h1-9,14,22H,10-13H2;3H,2H2,1H3. The molecule has 7 heteroatoms. The van der Waals surface area contributed by atoms with Gasteiger partial charge in [-0.15, -0.1) is 0 Å². The summed E-state index contributed by atoms with van der Waals surface area (Å²) < 4.78 is 0. The van der Waals surface area contributed by atoms with Gasteiger partial charge in [0.05, 0.1) is 0 Å². The Morgan fingerprint density at radius 1 is 1.03 bits per heavy atom. The fraction of sp³-hybridized carbons (Fsp3) is 0.273. The third kappa shape index (κ3) is 6.44. The van der Waals surface area contributed by atoms with Crippen molar-refractivity contribution in [3.8, 4) is 11.4 Å². The van der Waals surface area contributed by atoms with E-state index >= 15 is 0 Å². The van der Waals surface area contributed by atoms with Gasteiger partial charge in [0.15, 0.2) is 5.82 Å². The molecule has 0 amide bonds. The average Bonchev–Trinajstić information content (AvgIpc) is 2.77. The van der Waals surface area contributed by atoms with Crippen LogP contribution in [-0.2, 0) is 0 Å². The smallest absolute Gasteiger partial charge is 0.162 e. The molecular formula is C22H25ClN4OS. The third-order valence-corrected chi connectivity index (χ3v) is 5.38. The second kappa shape index (κ2) is 11.2. The van der Waals surface area contributed by atoms with Crippen LogP contribution in [0.3, 0.4) is 0 Å². The van der Waals surface area contributed by atoms with Crippen LogP contribution in [0.4, 0.5) is 5.82 Å². The van der Waals surface area contributed by atoms with Crippen LogP contribution in [-0.4, -0.2) is 47.9 Å². The molecule has 2 heterocycles. The summed E-state index contributed by atoms with van der Waals surface area (Å²) in [4.78, 5) is 13.1. The number of benzene rings is 2. The van der Waals surface area contributed by atoms with Gasteiger partial charge in [0, 0.05) is 54.3 Å². The highest BCUT2D eigenvalue weighted by Crippen LogP contribution is 2.31. The van der Waals surface area contributed by atoms with Gasteiger partial charge in [-0.2, -0.15) is 0 Å². The van der Waals surface area contributed by atoms with Gasteiger partial charge in [0.2, 0.25) is 0 Å². The zero-order valence-corrected chi connectivity index (χ0v) is 18.0. The average molecular weight is 429 g/mol. The van der Waals surface area contributed by atoms with Crippen LogP contribution < -0.4 is 10.2 Å². The maximum atomic E-state index is 7.57. The Labute approximate surface area is 181 Å². The van der Waals surface area contributed by atoms with Gasteiger partial charge in [-0.25, -0.2) is 9.97 Å². The van der Waals surface area contributed by atoms with Gasteiger partial charge in [-0.05, 0) is 31.2 Å². The number of piperazine rings is 1. The first-order valence-corrected chi connectivity index (χ1v) is 10.8. The van der Waals surface area contributed by atoms with Crippen molar-refractivity contribution >= 4 is 29.2 Å². The minimum absolute atomic E-state index is 0.250. The first-order valence-electron chi connectivity index (χ1n) is 9.64. The van der Waals surface area contributed by atoms with Gasteiger partial charge in [-0.3, -0.25) is 0 Å². The maximum Gasteiger partial charge on any atom is 0.162 e. The summed E-state index contributed by atoms with van der Waals surface area (Å²) in [6.07, 6.45) is 0. The van der Waals surface area contributed by atoms with Crippen LogP contribution in [0, 0.1) is 0 Å². The minimum Gasteiger partial charge on any atom is -0.397 e. The molecule has 1 aromatic heterocycles. The molecule has 3 aromatic rings. The predicted octanol–water partition coefficient (Wildman–Crippen LogP) is 4.36. The topological polar surface area (TPSA) is 61.3 Å². The molecule has 2 N–H and O–H groups in total. The number of nitrogens with one attached hydrogen (secondary N) is 1. The Bertz CT molecular complexity index is 887. The fourth-order valence-electron chi connectivity index (χ4n) is 2.86. The van der Waals surface area contributed by atoms with E-state index in [4.69, 9.17) is 26.7 Å². The van der Waals surface area contributed by atoms with Crippen molar-refractivity contribution < 1.29 is 5.11 Å². The van der Waals surface area contributed by atoms with E-state index < -0.39 is 0 Å². The number of aromatic nitrogens is 2. The fourth-order valence-corrected chi connectivity index (χ4v) is 3.80. The second-order valence-electron chi connectivity index (χ2n) is 6.36. The van der Waals surface area contributed by atoms with E-state index in [1.807, 2.05) is 54.6 Å². The molecule has 0 atom stereocenters. The summed E-state index contributed by atoms with van der Waals surface area (Å²) in [6.45, 7) is 5.79. The van der Waals surface area contributed by atoms with E-state index in [1.54, 1.807) is 18.7 Å². The normalized spacial score (nSPS) is 13.6. The molecule has 1 fully saturated rings. The first-order chi connectivity index (χ1) is 14.2. The van der Waals surface area contributed by atoms with Crippen molar-refractivity contribution in [3.05, 3.63) is 65.7 Å². The zero-order chi connectivity index (χ0) is 20.5. The Morgan fingerprint density at radius 2 is 1.69 bits per heavy atom. The van der Waals surface area contributed by atoms with Crippen molar-refractivity contribution in [2.45, 2.75) is 16.8 Å². The first kappa shape index (κ1) is 21.6. The maximum absolute atomic E-state index is 7.57. The monoisotopic (exact) mass is 428 g/mol. The highest BCUT2D eigenvalue weighted by molar-refractivity contribution is 7.99. The highest BCUT2D eigenvalue weighted by atomic mass is 35.5. The third-order valence-electron chi connectivity index (χ3n) is 4.20. The lowest BCUT2D eigenvalue weighted by molar-refractivity contribution is 0.318. The molecule has 29 heavy (non-hydrogen) atoms. The largest absolute Gasteiger partial charge is 0.397 e. The molecule has 5 nitrogen and oxygen atoms in total. The molecule has 1 saturated heterocycles. The van der Waals surface area contributed by atoms with Crippen molar-refractivity contribution in [2.24, 2.45) is 0 Å². The van der Waals surface area contributed by atoms with Crippen molar-refractivity contribution in [2.75, 3.05) is 37.7 Å². The minimum atomic E-state index is 0.250. The van der Waals surface area contributed by atoms with Crippen LogP contribution in [0.2, 0.25) is 5.02 Å². The van der Waals surface area contributed by atoms with Gasteiger partial charge in [0.1, 0.15) is 10.8 Å². The summed E-state index contributed by atoms with van der Waals surface area (Å²) >= 11 is 7.63. The number of nitrogens with zero attached hydrogens (tertiary/aromatic N) is 3. The molecule has 0 saturated carbocycles. The molecule has 0 bridgehead atoms. The van der Waals surface area contributed by atoms with Crippen LogP contribution in [0.25, 0.3) is 11.4 Å². The summed E-state index contributed by atoms with van der Waals surface area (Å²) in [5.41, 5.74) is 1.03. The molecular weight excluding hydrogens is 404 g/mol. The van der Waals surface area contributed by atoms with Crippen LogP contribution in [0.15, 0.2) is 70.6 Å². The molecule has 2 aromatic carbocycles. The Morgan fingerprint density at radius 3 is 2.34 bits per heavy atom. The molecule has 4 rings (SSSR count). The molecule has 1 aliphatic rings. The summed E-state index contributed by atoms with van der Waals surface area (Å²) in [6, 6.07) is 20.1. The highest BCUT2D eigenvalue weighted by Gasteiger charge is 2.15. The number of hydrogen-bond acceptors (Lipinski definition) is 6. The van der Waals surface area contributed by atoms with E-state index in [-0.39, 0.29) is 6.61 Å². The van der Waals surface area contributed by atoms with E-state index in [0.717, 1.165) is 58.3 Å². The Kier molecular flexibility index (Phi) is 8.31. The lowest BCUT2D eigenvalue weighted by atomic mass is 10.2. The van der Waals surface area contributed by atoms with E-state index in [1.165, 1.54) is 0 Å². The number of aliphatic hydroxyl groups excluding tert-OH is 1.